The minimum Gasteiger partial charge on any atom is -0.508 e. The van der Waals surface area contributed by atoms with Crippen molar-refractivity contribution >= 4 is 11.9 Å². The molecule has 1 amide bonds. The first-order valence-corrected chi connectivity index (χ1v) is 6.80. The summed E-state index contributed by atoms with van der Waals surface area (Å²) in [7, 11) is 0. The van der Waals surface area contributed by atoms with E-state index in [4.69, 9.17) is 9.84 Å². The molecule has 0 spiro atoms. The van der Waals surface area contributed by atoms with Gasteiger partial charge in [0.15, 0.2) is 6.61 Å². The minimum absolute atomic E-state index is 0.0834. The number of hydrogen-bond acceptors (Lipinski definition) is 4. The Morgan fingerprint density at radius 2 is 1.85 bits per heavy atom. The maximum atomic E-state index is 11.9. The topological polar surface area (TPSA) is 66.8 Å². The molecule has 0 atom stereocenters. The molecule has 2 rings (SSSR count). The number of piperidine rings is 1. The summed E-state index contributed by atoms with van der Waals surface area (Å²) in [4.78, 5) is 25.4. The number of likely N-dealkylation sites (tertiary alicyclic amines) is 1. The third-order valence-corrected chi connectivity index (χ3v) is 3.57. The van der Waals surface area contributed by atoms with Gasteiger partial charge >= 0.3 is 5.97 Å². The number of carbonyl (C=O) groups is 2. The Morgan fingerprint density at radius 3 is 2.45 bits per heavy atom. The van der Waals surface area contributed by atoms with Gasteiger partial charge in [-0.1, -0.05) is 6.92 Å². The van der Waals surface area contributed by atoms with Crippen molar-refractivity contribution in [3.63, 3.8) is 0 Å². The van der Waals surface area contributed by atoms with E-state index < -0.39 is 5.97 Å². The third kappa shape index (κ3) is 3.73. The lowest BCUT2D eigenvalue weighted by atomic mass is 9.99. The number of amides is 1. The van der Waals surface area contributed by atoms with Crippen LogP contribution in [0, 0.1) is 5.92 Å². The van der Waals surface area contributed by atoms with Gasteiger partial charge < -0.3 is 14.7 Å². The number of aromatic hydroxyl groups is 1. The van der Waals surface area contributed by atoms with Gasteiger partial charge in [-0.3, -0.25) is 4.79 Å². The number of phenols is 1. The molecule has 0 bridgehead atoms. The summed E-state index contributed by atoms with van der Waals surface area (Å²) in [6.45, 7) is 3.41. The van der Waals surface area contributed by atoms with Crippen molar-refractivity contribution in [3.05, 3.63) is 29.8 Å². The van der Waals surface area contributed by atoms with Gasteiger partial charge in [0, 0.05) is 13.1 Å². The predicted molar refractivity (Wildman–Crippen MR) is 73.4 cm³/mol. The molecular formula is C15H19NO4. The van der Waals surface area contributed by atoms with Crippen LogP contribution in [0.5, 0.6) is 5.75 Å². The quantitative estimate of drug-likeness (QED) is 0.856. The van der Waals surface area contributed by atoms with E-state index in [0.717, 1.165) is 25.9 Å². The summed E-state index contributed by atoms with van der Waals surface area (Å²) in [5.41, 5.74) is 0.322. The van der Waals surface area contributed by atoms with Crippen LogP contribution >= 0.6 is 0 Å². The third-order valence-electron chi connectivity index (χ3n) is 3.57. The maximum Gasteiger partial charge on any atom is 0.338 e. The second-order valence-corrected chi connectivity index (χ2v) is 5.19. The van der Waals surface area contributed by atoms with E-state index in [1.54, 1.807) is 4.90 Å². The number of nitrogens with zero attached hydrogens (tertiary/aromatic N) is 1. The minimum atomic E-state index is -0.552. The Kier molecular flexibility index (Phi) is 4.61. The van der Waals surface area contributed by atoms with Gasteiger partial charge in [0.05, 0.1) is 5.56 Å². The van der Waals surface area contributed by atoms with Crippen molar-refractivity contribution < 1.29 is 19.4 Å². The monoisotopic (exact) mass is 277 g/mol. The molecule has 0 aliphatic carbocycles. The number of benzene rings is 1. The molecule has 0 unspecified atom stereocenters. The molecule has 0 saturated carbocycles. The van der Waals surface area contributed by atoms with Gasteiger partial charge in [-0.2, -0.15) is 0 Å². The molecule has 108 valence electrons. The second-order valence-electron chi connectivity index (χ2n) is 5.19. The van der Waals surface area contributed by atoms with Crippen molar-refractivity contribution in [1.29, 1.82) is 0 Å². The first-order valence-electron chi connectivity index (χ1n) is 6.80. The zero-order chi connectivity index (χ0) is 14.5. The van der Waals surface area contributed by atoms with Gasteiger partial charge in [-0.05, 0) is 43.0 Å². The van der Waals surface area contributed by atoms with E-state index in [9.17, 15) is 9.59 Å². The molecule has 1 saturated heterocycles. The van der Waals surface area contributed by atoms with Crippen molar-refractivity contribution in [2.45, 2.75) is 19.8 Å². The first-order chi connectivity index (χ1) is 9.56. The van der Waals surface area contributed by atoms with Gasteiger partial charge in [0.1, 0.15) is 5.75 Å². The molecule has 5 nitrogen and oxygen atoms in total. The molecule has 1 aromatic carbocycles. The summed E-state index contributed by atoms with van der Waals surface area (Å²) in [6, 6.07) is 5.74. The largest absolute Gasteiger partial charge is 0.508 e. The fourth-order valence-electron chi connectivity index (χ4n) is 2.16. The van der Waals surface area contributed by atoms with Crippen LogP contribution in [0.4, 0.5) is 0 Å². The molecule has 1 aliphatic rings. The van der Waals surface area contributed by atoms with Crippen LogP contribution in [-0.4, -0.2) is 41.6 Å². The highest BCUT2D eigenvalue weighted by atomic mass is 16.5. The molecule has 5 heteroatoms. The van der Waals surface area contributed by atoms with Crippen molar-refractivity contribution in [1.82, 2.24) is 4.90 Å². The first kappa shape index (κ1) is 14.4. The summed E-state index contributed by atoms with van der Waals surface area (Å²) >= 11 is 0. The van der Waals surface area contributed by atoms with E-state index in [0.29, 0.717) is 11.5 Å². The van der Waals surface area contributed by atoms with Crippen LogP contribution in [0.25, 0.3) is 0 Å². The smallest absolute Gasteiger partial charge is 0.338 e. The summed E-state index contributed by atoms with van der Waals surface area (Å²) in [5.74, 6) is 0.0337. The highest BCUT2D eigenvalue weighted by Gasteiger charge is 2.21. The van der Waals surface area contributed by atoms with Crippen LogP contribution in [0.2, 0.25) is 0 Å². The van der Waals surface area contributed by atoms with Crippen molar-refractivity contribution in [2.75, 3.05) is 19.7 Å². The molecule has 1 fully saturated rings. The highest BCUT2D eigenvalue weighted by molar-refractivity contribution is 5.91. The number of phenolic OH excluding ortho intramolecular Hbond substituents is 1. The number of carbonyl (C=O) groups excluding carboxylic acids is 2. The van der Waals surface area contributed by atoms with Crippen LogP contribution in [0.1, 0.15) is 30.1 Å². The van der Waals surface area contributed by atoms with E-state index in [1.165, 1.54) is 24.3 Å². The molecule has 20 heavy (non-hydrogen) atoms. The van der Waals surface area contributed by atoms with Gasteiger partial charge in [0.25, 0.3) is 5.91 Å². The molecular weight excluding hydrogens is 258 g/mol. The van der Waals surface area contributed by atoms with Crippen molar-refractivity contribution in [3.8, 4) is 5.75 Å². The van der Waals surface area contributed by atoms with E-state index in [1.807, 2.05) is 0 Å². The lowest BCUT2D eigenvalue weighted by molar-refractivity contribution is -0.135. The van der Waals surface area contributed by atoms with Gasteiger partial charge in [-0.15, -0.1) is 0 Å². The Balaban J connectivity index is 1.81. The Labute approximate surface area is 118 Å². The summed E-state index contributed by atoms with van der Waals surface area (Å²) in [6.07, 6.45) is 2.00. The van der Waals surface area contributed by atoms with Gasteiger partial charge in [-0.25, -0.2) is 4.79 Å². The highest BCUT2D eigenvalue weighted by Crippen LogP contribution is 2.16. The molecule has 1 N–H and O–H groups in total. The van der Waals surface area contributed by atoms with E-state index in [-0.39, 0.29) is 18.3 Å². The number of rotatable bonds is 3. The van der Waals surface area contributed by atoms with Crippen LogP contribution < -0.4 is 0 Å². The zero-order valence-corrected chi connectivity index (χ0v) is 11.5. The van der Waals surface area contributed by atoms with Gasteiger partial charge in [0.2, 0.25) is 0 Å². The van der Waals surface area contributed by atoms with E-state index >= 15 is 0 Å². The van der Waals surface area contributed by atoms with Crippen LogP contribution in [-0.2, 0) is 9.53 Å². The number of ether oxygens (including phenoxy) is 1. The Bertz CT molecular complexity index is 475. The second kappa shape index (κ2) is 6.41. The lowest BCUT2D eigenvalue weighted by Gasteiger charge is -2.30. The Hall–Kier alpha value is -2.04. The maximum absolute atomic E-state index is 11.9. The SMILES string of the molecule is CC1CCN(C(=O)COC(=O)c2ccc(O)cc2)CC1. The standard InChI is InChI=1S/C15H19NO4/c1-11-6-8-16(9-7-11)14(18)10-20-15(19)12-2-4-13(17)5-3-12/h2-5,11,17H,6-10H2,1H3. The fourth-order valence-corrected chi connectivity index (χ4v) is 2.16. The lowest BCUT2D eigenvalue weighted by Crippen LogP contribution is -2.40. The van der Waals surface area contributed by atoms with Crippen LogP contribution in [0.3, 0.4) is 0 Å². The zero-order valence-electron chi connectivity index (χ0n) is 11.5. The summed E-state index contributed by atoms with van der Waals surface area (Å²) in [5, 5.41) is 9.14. The van der Waals surface area contributed by atoms with E-state index in [2.05, 4.69) is 6.92 Å². The Morgan fingerprint density at radius 1 is 1.25 bits per heavy atom. The molecule has 0 aromatic heterocycles. The van der Waals surface area contributed by atoms with Crippen LogP contribution in [0.15, 0.2) is 24.3 Å². The summed E-state index contributed by atoms with van der Waals surface area (Å²) < 4.78 is 5.00. The van der Waals surface area contributed by atoms with Crippen molar-refractivity contribution in [2.24, 2.45) is 5.92 Å². The number of hydrogen-bond donors (Lipinski definition) is 1. The average molecular weight is 277 g/mol. The molecule has 1 aromatic rings. The normalized spacial score (nSPS) is 15.9. The molecule has 1 aliphatic heterocycles. The average Bonchev–Trinajstić information content (AvgIpc) is 2.46. The molecule has 0 radical (unpaired) electrons. The predicted octanol–water partition coefficient (Wildman–Crippen LogP) is 1.81. The fraction of sp³-hybridized carbons (Fsp3) is 0.467. The number of esters is 1. The molecule has 1 heterocycles.